The first-order chi connectivity index (χ1) is 10.5. The van der Waals surface area contributed by atoms with Crippen LogP contribution < -0.4 is 10.9 Å². The predicted molar refractivity (Wildman–Crippen MR) is 84.4 cm³/mol. The zero-order valence-electron chi connectivity index (χ0n) is 12.3. The van der Waals surface area contributed by atoms with Gasteiger partial charge in [-0.15, -0.1) is 0 Å². The Morgan fingerprint density at radius 2 is 1.36 bits per heavy atom. The minimum absolute atomic E-state index is 0.00975. The summed E-state index contributed by atoms with van der Waals surface area (Å²) in [5, 5.41) is 25.4. The van der Waals surface area contributed by atoms with E-state index in [0.717, 1.165) is 0 Å². The molecule has 0 radical (unpaired) electrons. The fourth-order valence-corrected chi connectivity index (χ4v) is 1.48. The number of benzene rings is 1. The first-order valence-electron chi connectivity index (χ1n) is 6.69. The van der Waals surface area contributed by atoms with E-state index in [9.17, 15) is 9.59 Å². The van der Waals surface area contributed by atoms with Gasteiger partial charge in [-0.1, -0.05) is 19.9 Å². The van der Waals surface area contributed by atoms with E-state index in [1.807, 2.05) is 0 Å². The Morgan fingerprint density at radius 1 is 0.955 bits per heavy atom. The third-order valence-electron chi connectivity index (χ3n) is 2.67. The molecule has 4 N–H and O–H groups in total. The van der Waals surface area contributed by atoms with Gasteiger partial charge in [-0.2, -0.15) is 10.2 Å². The standard InChI is InChI=1S/C14H18N4O4/c1-3-11(13(19)20)17-15-9-6-5-7-10(8-9)16-18-12(4-2)14(21)22/h5-8,15-16H,3-4H2,1-2H3,(H,19,20)(H,21,22)/b17-11+,18-12+. The van der Waals surface area contributed by atoms with Crippen LogP contribution in [0.15, 0.2) is 34.5 Å². The summed E-state index contributed by atoms with van der Waals surface area (Å²) in [6, 6.07) is 6.74. The lowest BCUT2D eigenvalue weighted by atomic mass is 10.3. The summed E-state index contributed by atoms with van der Waals surface area (Å²) in [5.41, 5.74) is 6.42. The van der Waals surface area contributed by atoms with Crippen molar-refractivity contribution in [2.45, 2.75) is 26.7 Å². The molecular weight excluding hydrogens is 288 g/mol. The van der Waals surface area contributed by atoms with Gasteiger partial charge in [0.05, 0.1) is 11.4 Å². The molecule has 8 nitrogen and oxygen atoms in total. The second kappa shape index (κ2) is 8.40. The van der Waals surface area contributed by atoms with Crippen LogP contribution in [0.1, 0.15) is 26.7 Å². The van der Waals surface area contributed by atoms with Crippen LogP contribution in [0.5, 0.6) is 0 Å². The van der Waals surface area contributed by atoms with Crippen LogP contribution >= 0.6 is 0 Å². The van der Waals surface area contributed by atoms with E-state index in [2.05, 4.69) is 21.1 Å². The van der Waals surface area contributed by atoms with Gasteiger partial charge in [0.15, 0.2) is 0 Å². The summed E-state index contributed by atoms with van der Waals surface area (Å²) in [6.45, 7) is 3.39. The van der Waals surface area contributed by atoms with Crippen molar-refractivity contribution < 1.29 is 19.8 Å². The second-order valence-corrected chi connectivity index (χ2v) is 4.24. The number of hydrazone groups is 2. The number of carbonyl (C=O) groups is 2. The highest BCUT2D eigenvalue weighted by molar-refractivity contribution is 6.36. The molecule has 0 heterocycles. The molecule has 0 saturated heterocycles. The van der Waals surface area contributed by atoms with E-state index in [4.69, 9.17) is 10.2 Å². The summed E-state index contributed by atoms with van der Waals surface area (Å²) in [6.07, 6.45) is 0.589. The Kier molecular flexibility index (Phi) is 6.55. The lowest BCUT2D eigenvalue weighted by Gasteiger charge is -2.06. The van der Waals surface area contributed by atoms with Crippen LogP contribution in [0.4, 0.5) is 11.4 Å². The smallest absolute Gasteiger partial charge is 0.352 e. The molecule has 1 aromatic carbocycles. The topological polar surface area (TPSA) is 123 Å². The lowest BCUT2D eigenvalue weighted by molar-refractivity contribution is -0.130. The number of carboxylic acid groups (broad SMARTS) is 2. The van der Waals surface area contributed by atoms with Crippen LogP contribution in [-0.2, 0) is 9.59 Å². The van der Waals surface area contributed by atoms with Gasteiger partial charge in [0.2, 0.25) is 0 Å². The SMILES string of the molecule is CC/C(=N\Nc1cccc(N/N=C(\CC)C(=O)O)c1)C(=O)O. The molecule has 1 aromatic rings. The van der Waals surface area contributed by atoms with Crippen molar-refractivity contribution in [3.05, 3.63) is 24.3 Å². The highest BCUT2D eigenvalue weighted by atomic mass is 16.4. The minimum atomic E-state index is -1.08. The minimum Gasteiger partial charge on any atom is -0.477 e. The van der Waals surface area contributed by atoms with Gasteiger partial charge in [-0.05, 0) is 31.0 Å². The summed E-state index contributed by atoms with van der Waals surface area (Å²) in [4.78, 5) is 21.7. The molecule has 0 saturated carbocycles. The molecular formula is C14H18N4O4. The third-order valence-corrected chi connectivity index (χ3v) is 2.67. The van der Waals surface area contributed by atoms with Gasteiger partial charge in [0.1, 0.15) is 11.4 Å². The first-order valence-corrected chi connectivity index (χ1v) is 6.69. The normalized spacial score (nSPS) is 11.9. The molecule has 0 atom stereocenters. The largest absolute Gasteiger partial charge is 0.477 e. The van der Waals surface area contributed by atoms with Crippen molar-refractivity contribution >= 4 is 34.7 Å². The van der Waals surface area contributed by atoms with Gasteiger partial charge in [-0.3, -0.25) is 10.9 Å². The average Bonchev–Trinajstić information content (AvgIpc) is 2.48. The third kappa shape index (κ3) is 5.23. The average molecular weight is 306 g/mol. The fourth-order valence-electron chi connectivity index (χ4n) is 1.48. The molecule has 0 amide bonds. The number of nitrogens with zero attached hydrogens (tertiary/aromatic N) is 2. The molecule has 0 bridgehead atoms. The molecule has 8 heteroatoms. The Balaban J connectivity index is 2.82. The Morgan fingerprint density at radius 3 is 1.68 bits per heavy atom. The van der Waals surface area contributed by atoms with E-state index in [1.165, 1.54) is 0 Å². The Bertz CT molecular complexity index is 561. The van der Waals surface area contributed by atoms with Crippen molar-refractivity contribution in [2.24, 2.45) is 10.2 Å². The number of hydrogen-bond donors (Lipinski definition) is 4. The van der Waals surface area contributed by atoms with E-state index >= 15 is 0 Å². The second-order valence-electron chi connectivity index (χ2n) is 4.24. The highest BCUT2D eigenvalue weighted by Gasteiger charge is 2.07. The quantitative estimate of drug-likeness (QED) is 0.431. The van der Waals surface area contributed by atoms with Crippen molar-refractivity contribution in [1.82, 2.24) is 0 Å². The summed E-state index contributed by atoms with van der Waals surface area (Å²) in [5.74, 6) is -2.16. The Labute approximate surface area is 127 Å². The van der Waals surface area contributed by atoms with Gasteiger partial charge < -0.3 is 10.2 Å². The number of rotatable bonds is 8. The number of anilines is 2. The summed E-state index contributed by atoms with van der Waals surface area (Å²) in [7, 11) is 0. The molecule has 0 aliphatic carbocycles. The van der Waals surface area contributed by atoms with E-state index in [-0.39, 0.29) is 11.4 Å². The molecule has 0 spiro atoms. The van der Waals surface area contributed by atoms with Crippen molar-refractivity contribution in [2.75, 3.05) is 10.9 Å². The van der Waals surface area contributed by atoms with Gasteiger partial charge in [0, 0.05) is 0 Å². The van der Waals surface area contributed by atoms with Crippen molar-refractivity contribution in [1.29, 1.82) is 0 Å². The number of aliphatic carboxylic acids is 2. The van der Waals surface area contributed by atoms with Gasteiger partial charge >= 0.3 is 11.9 Å². The first kappa shape index (κ1) is 17.2. The Hall–Kier alpha value is -2.90. The van der Waals surface area contributed by atoms with Gasteiger partial charge in [-0.25, -0.2) is 9.59 Å². The maximum atomic E-state index is 10.8. The molecule has 0 aliphatic heterocycles. The van der Waals surface area contributed by atoms with E-state index in [1.54, 1.807) is 38.1 Å². The maximum absolute atomic E-state index is 10.8. The number of carboxylic acids is 2. The molecule has 0 fully saturated rings. The van der Waals surface area contributed by atoms with Crippen LogP contribution in [0, 0.1) is 0 Å². The maximum Gasteiger partial charge on any atom is 0.352 e. The molecule has 22 heavy (non-hydrogen) atoms. The summed E-state index contributed by atoms with van der Waals surface area (Å²) < 4.78 is 0. The zero-order chi connectivity index (χ0) is 16.5. The van der Waals surface area contributed by atoms with Crippen molar-refractivity contribution in [3.63, 3.8) is 0 Å². The molecule has 118 valence electrons. The highest BCUT2D eigenvalue weighted by Crippen LogP contribution is 2.15. The van der Waals surface area contributed by atoms with Crippen LogP contribution in [-0.4, -0.2) is 33.6 Å². The monoisotopic (exact) mass is 306 g/mol. The van der Waals surface area contributed by atoms with E-state index < -0.39 is 11.9 Å². The van der Waals surface area contributed by atoms with Crippen molar-refractivity contribution in [3.8, 4) is 0 Å². The predicted octanol–water partition coefficient (Wildman–Crippen LogP) is 2.21. The zero-order valence-corrected chi connectivity index (χ0v) is 12.3. The number of nitrogens with one attached hydrogen (secondary N) is 2. The van der Waals surface area contributed by atoms with E-state index in [0.29, 0.717) is 24.2 Å². The molecule has 0 unspecified atom stereocenters. The molecule has 0 aliphatic rings. The number of hydrogen-bond acceptors (Lipinski definition) is 6. The molecule has 1 rings (SSSR count). The van der Waals surface area contributed by atoms with Crippen LogP contribution in [0.25, 0.3) is 0 Å². The van der Waals surface area contributed by atoms with Crippen LogP contribution in [0.3, 0.4) is 0 Å². The van der Waals surface area contributed by atoms with Gasteiger partial charge in [0.25, 0.3) is 0 Å². The van der Waals surface area contributed by atoms with Crippen LogP contribution in [0.2, 0.25) is 0 Å². The lowest BCUT2D eigenvalue weighted by Crippen LogP contribution is -2.14. The molecule has 0 aromatic heterocycles. The fraction of sp³-hybridized carbons (Fsp3) is 0.286. The summed E-state index contributed by atoms with van der Waals surface area (Å²) >= 11 is 0.